The maximum absolute atomic E-state index is 12.4. The van der Waals surface area contributed by atoms with Gasteiger partial charge < -0.3 is 10.4 Å². The summed E-state index contributed by atoms with van der Waals surface area (Å²) in [6.07, 6.45) is 0. The number of nitrogens with one attached hydrogen (secondary N) is 1. The third kappa shape index (κ3) is 1.83. The molecule has 0 spiro atoms. The lowest BCUT2D eigenvalue weighted by Crippen LogP contribution is -2.34. The van der Waals surface area contributed by atoms with Crippen LogP contribution in [0, 0.1) is 0 Å². The van der Waals surface area contributed by atoms with Gasteiger partial charge in [0.05, 0.1) is 5.52 Å². The van der Waals surface area contributed by atoms with Gasteiger partial charge in [0, 0.05) is 0 Å². The SMILES string of the molecule is CC(C(=O)O)n1c(=O)n2c3c(c(Cl)nc(Cl)c31)NC(=O)C2. The highest BCUT2D eigenvalue weighted by Gasteiger charge is 2.31. The molecule has 0 radical (unpaired) electrons. The molecule has 2 N–H and O–H groups in total. The summed E-state index contributed by atoms with van der Waals surface area (Å²) in [6, 6.07) is -1.16. The third-order valence-electron chi connectivity index (χ3n) is 3.32. The molecule has 10 heteroatoms. The van der Waals surface area contributed by atoms with Crippen molar-refractivity contribution < 1.29 is 14.7 Å². The molecule has 0 aliphatic carbocycles. The van der Waals surface area contributed by atoms with Crippen LogP contribution in [0.15, 0.2) is 4.79 Å². The van der Waals surface area contributed by atoms with Crippen LogP contribution >= 0.6 is 23.2 Å². The maximum atomic E-state index is 12.4. The molecule has 1 unspecified atom stereocenters. The van der Waals surface area contributed by atoms with Crippen molar-refractivity contribution in [2.24, 2.45) is 0 Å². The second-order valence-corrected chi connectivity index (χ2v) is 5.28. The molecule has 0 aromatic carbocycles. The minimum absolute atomic E-state index is 0.0607. The van der Waals surface area contributed by atoms with Gasteiger partial charge in [-0.15, -0.1) is 0 Å². The quantitative estimate of drug-likeness (QED) is 0.802. The van der Waals surface area contributed by atoms with Gasteiger partial charge in [0.1, 0.15) is 23.8 Å². The zero-order chi connectivity index (χ0) is 15.5. The second-order valence-electron chi connectivity index (χ2n) is 4.57. The summed E-state index contributed by atoms with van der Waals surface area (Å²) in [6.45, 7) is 1.10. The fraction of sp³-hybridized carbons (Fsp3) is 0.273. The zero-order valence-corrected chi connectivity index (χ0v) is 12.1. The number of imidazole rings is 1. The molecule has 3 heterocycles. The molecule has 1 amide bonds. The highest BCUT2D eigenvalue weighted by molar-refractivity contribution is 6.39. The number of aromatic nitrogens is 3. The van der Waals surface area contributed by atoms with Crippen LogP contribution < -0.4 is 11.0 Å². The Kier molecular flexibility index (Phi) is 2.96. The number of rotatable bonds is 2. The van der Waals surface area contributed by atoms with E-state index in [9.17, 15) is 14.4 Å². The lowest BCUT2D eigenvalue weighted by Gasteiger charge is -2.16. The molecule has 21 heavy (non-hydrogen) atoms. The first kappa shape index (κ1) is 13.9. The van der Waals surface area contributed by atoms with Gasteiger partial charge in [0.15, 0.2) is 10.3 Å². The first-order chi connectivity index (χ1) is 9.82. The normalized spacial score (nSPS) is 15.1. The lowest BCUT2D eigenvalue weighted by molar-refractivity contribution is -0.140. The molecule has 3 rings (SSSR count). The van der Waals surface area contributed by atoms with Crippen LogP contribution in [0.1, 0.15) is 13.0 Å². The summed E-state index contributed by atoms with van der Waals surface area (Å²) < 4.78 is 2.13. The maximum Gasteiger partial charge on any atom is 0.330 e. The Labute approximate surface area is 126 Å². The van der Waals surface area contributed by atoms with Gasteiger partial charge in [-0.05, 0) is 6.92 Å². The summed E-state index contributed by atoms with van der Waals surface area (Å²) in [5, 5.41) is 11.5. The average molecular weight is 331 g/mol. The molecule has 0 bridgehead atoms. The predicted molar refractivity (Wildman–Crippen MR) is 75.0 cm³/mol. The molecule has 1 aliphatic rings. The van der Waals surface area contributed by atoms with E-state index in [0.29, 0.717) is 0 Å². The topological polar surface area (TPSA) is 106 Å². The van der Waals surface area contributed by atoms with Crippen molar-refractivity contribution in [2.45, 2.75) is 19.5 Å². The molecule has 0 fully saturated rings. The molecule has 1 aliphatic heterocycles. The van der Waals surface area contributed by atoms with E-state index in [0.717, 1.165) is 9.13 Å². The van der Waals surface area contributed by atoms with Crippen molar-refractivity contribution in [1.82, 2.24) is 14.1 Å². The number of carboxylic acid groups (broad SMARTS) is 1. The van der Waals surface area contributed by atoms with Crippen molar-refractivity contribution in [3.63, 3.8) is 0 Å². The molecule has 8 nitrogen and oxygen atoms in total. The van der Waals surface area contributed by atoms with E-state index in [4.69, 9.17) is 28.3 Å². The molecule has 0 saturated carbocycles. The van der Waals surface area contributed by atoms with E-state index in [1.54, 1.807) is 0 Å². The molecular weight excluding hydrogens is 323 g/mol. The smallest absolute Gasteiger partial charge is 0.330 e. The van der Waals surface area contributed by atoms with Crippen LogP contribution in [-0.4, -0.2) is 31.1 Å². The van der Waals surface area contributed by atoms with Crippen molar-refractivity contribution >= 4 is 51.8 Å². The van der Waals surface area contributed by atoms with E-state index < -0.39 is 23.6 Å². The molecular formula is C11H8Cl2N4O4. The van der Waals surface area contributed by atoms with Crippen LogP contribution in [0.5, 0.6) is 0 Å². The fourth-order valence-electron chi connectivity index (χ4n) is 2.36. The summed E-state index contributed by atoms with van der Waals surface area (Å²) in [5.41, 5.74) is -0.0867. The summed E-state index contributed by atoms with van der Waals surface area (Å²) in [4.78, 5) is 39.1. The van der Waals surface area contributed by atoms with Gasteiger partial charge in [-0.25, -0.2) is 14.6 Å². The van der Waals surface area contributed by atoms with Crippen LogP contribution in [0.2, 0.25) is 10.3 Å². The monoisotopic (exact) mass is 330 g/mol. The standard InChI is InChI=1S/C11H8Cl2N4O4/c1-3(10(19)20)17-7-6-5(8(12)15-9(7)13)14-4(18)2-16(6)11(17)21/h3H,2H2,1H3,(H,14,18)(H,19,20). The minimum Gasteiger partial charge on any atom is -0.480 e. The van der Waals surface area contributed by atoms with Crippen molar-refractivity contribution in [1.29, 1.82) is 0 Å². The number of carboxylic acids is 1. The summed E-state index contributed by atoms with van der Waals surface area (Å²) in [5.74, 6) is -1.65. The largest absolute Gasteiger partial charge is 0.480 e. The first-order valence-corrected chi connectivity index (χ1v) is 6.61. The van der Waals surface area contributed by atoms with Gasteiger partial charge in [-0.1, -0.05) is 23.2 Å². The predicted octanol–water partition coefficient (Wildman–Crippen LogP) is 1.10. The molecule has 2 aromatic heterocycles. The van der Waals surface area contributed by atoms with Gasteiger partial charge in [0.2, 0.25) is 5.91 Å². The fourth-order valence-corrected chi connectivity index (χ4v) is 2.89. The van der Waals surface area contributed by atoms with Crippen LogP contribution in [0.25, 0.3) is 11.0 Å². The number of aliphatic carboxylic acids is 1. The molecule has 0 saturated heterocycles. The van der Waals surface area contributed by atoms with Crippen molar-refractivity contribution in [3.05, 3.63) is 20.8 Å². The van der Waals surface area contributed by atoms with Gasteiger partial charge in [-0.3, -0.25) is 13.9 Å². The Bertz CT molecular complexity index is 869. The molecule has 110 valence electrons. The lowest BCUT2D eigenvalue weighted by atomic mass is 10.2. The van der Waals surface area contributed by atoms with E-state index in [1.165, 1.54) is 6.92 Å². The first-order valence-electron chi connectivity index (χ1n) is 5.85. The van der Waals surface area contributed by atoms with Gasteiger partial charge in [0.25, 0.3) is 0 Å². The van der Waals surface area contributed by atoms with Crippen molar-refractivity contribution in [3.8, 4) is 0 Å². The Morgan fingerprint density at radius 2 is 2.00 bits per heavy atom. The van der Waals surface area contributed by atoms with E-state index in [1.807, 2.05) is 0 Å². The van der Waals surface area contributed by atoms with Gasteiger partial charge in [-0.2, -0.15) is 0 Å². The Morgan fingerprint density at radius 1 is 1.33 bits per heavy atom. The Balaban J connectivity index is 2.51. The van der Waals surface area contributed by atoms with E-state index >= 15 is 0 Å². The molecule has 1 atom stereocenters. The number of pyridine rings is 1. The number of hydrogen-bond acceptors (Lipinski definition) is 4. The highest BCUT2D eigenvalue weighted by atomic mass is 35.5. The zero-order valence-electron chi connectivity index (χ0n) is 10.6. The van der Waals surface area contributed by atoms with E-state index in [-0.39, 0.29) is 33.6 Å². The van der Waals surface area contributed by atoms with Crippen LogP contribution in [0.3, 0.4) is 0 Å². The number of hydrogen-bond donors (Lipinski definition) is 2. The van der Waals surface area contributed by atoms with Crippen LogP contribution in [0.4, 0.5) is 5.69 Å². The Morgan fingerprint density at radius 3 is 2.62 bits per heavy atom. The van der Waals surface area contributed by atoms with E-state index in [2.05, 4.69) is 10.3 Å². The highest BCUT2D eigenvalue weighted by Crippen LogP contribution is 2.36. The van der Waals surface area contributed by atoms with Gasteiger partial charge >= 0.3 is 11.7 Å². The average Bonchev–Trinajstić information content (AvgIpc) is 2.69. The van der Waals surface area contributed by atoms with Crippen molar-refractivity contribution in [2.75, 3.05) is 5.32 Å². The number of anilines is 1. The second kappa shape index (κ2) is 4.47. The number of carbonyl (C=O) groups excluding carboxylic acids is 1. The number of carbonyl (C=O) groups is 2. The molecule has 2 aromatic rings. The number of halogens is 2. The number of amides is 1. The summed E-state index contributed by atoms with van der Waals surface area (Å²) >= 11 is 11.9. The Hall–Kier alpha value is -2.06. The van der Waals surface area contributed by atoms with Crippen LogP contribution in [-0.2, 0) is 16.1 Å². The third-order valence-corrected chi connectivity index (χ3v) is 3.85. The number of nitrogens with zero attached hydrogens (tertiary/aromatic N) is 3. The summed E-state index contributed by atoms with van der Waals surface area (Å²) in [7, 11) is 0. The minimum atomic E-state index is -1.21.